The molecule has 0 radical (unpaired) electrons. The lowest BCUT2D eigenvalue weighted by Gasteiger charge is -2.44. The number of carbonyl (C=O) groups is 2. The number of carbonyl (C=O) groups excluding carboxylic acids is 2. The molecule has 1 saturated heterocycles. The fourth-order valence-corrected chi connectivity index (χ4v) is 4.41. The first-order valence-corrected chi connectivity index (χ1v) is 11.3. The van der Waals surface area contributed by atoms with Gasteiger partial charge in [-0.3, -0.25) is 9.59 Å². The first kappa shape index (κ1) is 22.3. The van der Waals surface area contributed by atoms with Crippen LogP contribution in [0.15, 0.2) is 54.3 Å². The van der Waals surface area contributed by atoms with E-state index in [2.05, 4.69) is 5.32 Å². The van der Waals surface area contributed by atoms with E-state index in [0.29, 0.717) is 23.6 Å². The molecule has 1 heterocycles. The van der Waals surface area contributed by atoms with Crippen molar-refractivity contribution in [3.63, 3.8) is 0 Å². The molecule has 32 heavy (non-hydrogen) atoms. The number of rotatable bonds is 6. The number of nitrogens with zero attached hydrogens (tertiary/aromatic N) is 1. The summed E-state index contributed by atoms with van der Waals surface area (Å²) >= 11 is 5.91. The molecular weight excluding hydrogens is 431 g/mol. The summed E-state index contributed by atoms with van der Waals surface area (Å²) in [6.07, 6.45) is 5.87. The molecule has 0 aromatic heterocycles. The lowest BCUT2D eigenvalue weighted by Crippen LogP contribution is -2.57. The van der Waals surface area contributed by atoms with E-state index < -0.39 is 0 Å². The van der Waals surface area contributed by atoms with Crippen LogP contribution in [0.3, 0.4) is 0 Å². The molecule has 2 amide bonds. The summed E-state index contributed by atoms with van der Waals surface area (Å²) in [5.41, 5.74) is 1.75. The van der Waals surface area contributed by atoms with Gasteiger partial charge in [-0.25, -0.2) is 4.39 Å². The number of benzene rings is 2. The normalized spacial score (nSPS) is 21.8. The highest BCUT2D eigenvalue weighted by molar-refractivity contribution is 6.30. The maximum atomic E-state index is 13.2. The summed E-state index contributed by atoms with van der Waals surface area (Å²) in [5.74, 6) is -0.633. The van der Waals surface area contributed by atoms with Crippen molar-refractivity contribution >= 4 is 29.5 Å². The van der Waals surface area contributed by atoms with E-state index in [1.54, 1.807) is 23.1 Å². The second kappa shape index (κ2) is 10.2. The van der Waals surface area contributed by atoms with E-state index in [9.17, 15) is 14.0 Å². The van der Waals surface area contributed by atoms with Gasteiger partial charge in [0.25, 0.3) is 5.91 Å². The summed E-state index contributed by atoms with van der Waals surface area (Å²) in [7, 11) is 0. The van der Waals surface area contributed by atoms with Crippen molar-refractivity contribution in [3.8, 4) is 0 Å². The zero-order valence-electron chi connectivity index (χ0n) is 17.7. The van der Waals surface area contributed by atoms with Gasteiger partial charge in [0.2, 0.25) is 5.91 Å². The van der Waals surface area contributed by atoms with Crippen molar-refractivity contribution < 1.29 is 18.7 Å². The summed E-state index contributed by atoms with van der Waals surface area (Å²) in [6, 6.07) is 13.3. The maximum Gasteiger partial charge on any atom is 0.289 e. The molecule has 168 valence electrons. The third-order valence-corrected chi connectivity index (χ3v) is 6.20. The Kier molecular flexibility index (Phi) is 7.10. The lowest BCUT2D eigenvalue weighted by molar-refractivity contribution is -0.151. The summed E-state index contributed by atoms with van der Waals surface area (Å²) in [5, 5.41) is 3.59. The standard InChI is InChI=1S/C25H26ClFN2O3/c26-19-9-5-17(6-10-19)13-14-28-24(30)16-29-21-3-1-2-4-22(21)32-23(25(29)31)15-18-7-11-20(27)12-8-18/h5-12,15,21-22H,1-4,13-14,16H2,(H,28,30)/b23-15+. The molecule has 1 N–H and O–H groups in total. The van der Waals surface area contributed by atoms with Crippen molar-refractivity contribution in [3.05, 3.63) is 76.3 Å². The number of nitrogens with one attached hydrogen (secondary N) is 1. The Morgan fingerprint density at radius 2 is 1.84 bits per heavy atom. The topological polar surface area (TPSA) is 58.6 Å². The number of morpholine rings is 1. The third kappa shape index (κ3) is 5.49. The van der Waals surface area contributed by atoms with E-state index in [-0.39, 0.29) is 42.1 Å². The van der Waals surface area contributed by atoms with Gasteiger partial charge < -0.3 is 15.0 Å². The minimum absolute atomic E-state index is 0.00919. The quantitative estimate of drug-likeness (QED) is 0.657. The second-order valence-electron chi connectivity index (χ2n) is 8.23. The van der Waals surface area contributed by atoms with Crippen LogP contribution in [-0.2, 0) is 20.7 Å². The van der Waals surface area contributed by atoms with Crippen LogP contribution in [0.1, 0.15) is 36.8 Å². The van der Waals surface area contributed by atoms with Crippen molar-refractivity contribution in [2.24, 2.45) is 0 Å². The SMILES string of the molecule is O=C(CN1C(=O)/C(=C\c2ccc(F)cc2)OC2CCCCC21)NCCc1ccc(Cl)cc1. The molecule has 2 fully saturated rings. The van der Waals surface area contributed by atoms with Gasteiger partial charge in [-0.1, -0.05) is 42.3 Å². The molecule has 2 unspecified atom stereocenters. The number of halogens is 2. The molecule has 2 aromatic rings. The molecule has 0 bridgehead atoms. The van der Waals surface area contributed by atoms with Gasteiger partial charge in [0.15, 0.2) is 5.76 Å². The fraction of sp³-hybridized carbons (Fsp3) is 0.360. The number of amides is 2. The number of fused-ring (bicyclic) bond motifs is 1. The Morgan fingerprint density at radius 1 is 1.12 bits per heavy atom. The predicted octanol–water partition coefficient (Wildman–Crippen LogP) is 4.35. The molecule has 2 aromatic carbocycles. The average Bonchev–Trinajstić information content (AvgIpc) is 2.79. The molecular formula is C25H26ClFN2O3. The van der Waals surface area contributed by atoms with Crippen LogP contribution >= 0.6 is 11.6 Å². The van der Waals surface area contributed by atoms with Gasteiger partial charge in [-0.2, -0.15) is 0 Å². The Bertz CT molecular complexity index is 991. The highest BCUT2D eigenvalue weighted by Crippen LogP contribution is 2.33. The van der Waals surface area contributed by atoms with Gasteiger partial charge in [0.1, 0.15) is 18.5 Å². The monoisotopic (exact) mass is 456 g/mol. The van der Waals surface area contributed by atoms with E-state index >= 15 is 0 Å². The summed E-state index contributed by atoms with van der Waals surface area (Å²) in [6.45, 7) is 0.468. The second-order valence-corrected chi connectivity index (χ2v) is 8.66. The maximum absolute atomic E-state index is 13.2. The lowest BCUT2D eigenvalue weighted by atomic mass is 9.89. The Labute approximate surface area is 192 Å². The molecule has 1 aliphatic carbocycles. The van der Waals surface area contributed by atoms with Crippen molar-refractivity contribution in [1.82, 2.24) is 10.2 Å². The van der Waals surface area contributed by atoms with Gasteiger partial charge >= 0.3 is 0 Å². The highest BCUT2D eigenvalue weighted by Gasteiger charge is 2.42. The zero-order chi connectivity index (χ0) is 22.5. The van der Waals surface area contributed by atoms with Gasteiger partial charge in [0.05, 0.1) is 6.04 Å². The van der Waals surface area contributed by atoms with Gasteiger partial charge in [0, 0.05) is 11.6 Å². The predicted molar refractivity (Wildman–Crippen MR) is 121 cm³/mol. The van der Waals surface area contributed by atoms with Crippen LogP contribution in [-0.4, -0.2) is 41.9 Å². The molecule has 1 aliphatic heterocycles. The first-order chi connectivity index (χ1) is 15.5. The molecule has 4 rings (SSSR count). The molecule has 7 heteroatoms. The van der Waals surface area contributed by atoms with Crippen molar-refractivity contribution in [2.45, 2.75) is 44.2 Å². The molecule has 5 nitrogen and oxygen atoms in total. The Hall–Kier alpha value is -2.86. The molecule has 0 spiro atoms. The van der Waals surface area contributed by atoms with E-state index in [4.69, 9.17) is 16.3 Å². The van der Waals surface area contributed by atoms with Crippen LogP contribution in [0.5, 0.6) is 0 Å². The van der Waals surface area contributed by atoms with Crippen LogP contribution in [0.4, 0.5) is 4.39 Å². The van der Waals surface area contributed by atoms with E-state index in [1.165, 1.54) is 12.1 Å². The highest BCUT2D eigenvalue weighted by atomic mass is 35.5. The van der Waals surface area contributed by atoms with E-state index in [0.717, 1.165) is 31.2 Å². The summed E-state index contributed by atoms with van der Waals surface area (Å²) < 4.78 is 19.3. The smallest absolute Gasteiger partial charge is 0.289 e. The average molecular weight is 457 g/mol. The largest absolute Gasteiger partial charge is 0.482 e. The molecule has 2 aliphatic rings. The minimum atomic E-state index is -0.340. The van der Waals surface area contributed by atoms with Crippen molar-refractivity contribution in [1.29, 1.82) is 0 Å². The van der Waals surface area contributed by atoms with Gasteiger partial charge in [-0.15, -0.1) is 0 Å². The number of hydrogen-bond acceptors (Lipinski definition) is 3. The first-order valence-electron chi connectivity index (χ1n) is 11.0. The van der Waals surface area contributed by atoms with E-state index in [1.807, 2.05) is 24.3 Å². The number of hydrogen-bond donors (Lipinski definition) is 1. The van der Waals surface area contributed by atoms with Gasteiger partial charge in [-0.05, 0) is 67.2 Å². The Balaban J connectivity index is 1.42. The Morgan fingerprint density at radius 3 is 2.59 bits per heavy atom. The van der Waals surface area contributed by atoms with Crippen LogP contribution in [0.2, 0.25) is 5.02 Å². The summed E-state index contributed by atoms with van der Waals surface area (Å²) in [4.78, 5) is 27.5. The third-order valence-electron chi connectivity index (χ3n) is 5.95. The molecule has 2 atom stereocenters. The minimum Gasteiger partial charge on any atom is -0.482 e. The zero-order valence-corrected chi connectivity index (χ0v) is 18.5. The number of ether oxygens (including phenoxy) is 1. The van der Waals surface area contributed by atoms with Crippen LogP contribution < -0.4 is 5.32 Å². The van der Waals surface area contributed by atoms with Crippen molar-refractivity contribution in [2.75, 3.05) is 13.1 Å². The van der Waals surface area contributed by atoms with Crippen LogP contribution in [0, 0.1) is 5.82 Å². The molecule has 1 saturated carbocycles. The van der Waals surface area contributed by atoms with Crippen LogP contribution in [0.25, 0.3) is 6.08 Å². The fourth-order valence-electron chi connectivity index (χ4n) is 4.28.